The summed E-state index contributed by atoms with van der Waals surface area (Å²) in [5, 5.41) is 23.5. The summed E-state index contributed by atoms with van der Waals surface area (Å²) in [6, 6.07) is 10.2. The van der Waals surface area contributed by atoms with E-state index in [1.807, 2.05) is 16.8 Å². The van der Waals surface area contributed by atoms with Gasteiger partial charge in [-0.05, 0) is 48.9 Å². The van der Waals surface area contributed by atoms with Gasteiger partial charge < -0.3 is 14.8 Å². The van der Waals surface area contributed by atoms with Crippen LogP contribution in [0.25, 0.3) is 21.9 Å². The summed E-state index contributed by atoms with van der Waals surface area (Å²) in [5.74, 6) is 0.794. The molecule has 0 saturated heterocycles. The summed E-state index contributed by atoms with van der Waals surface area (Å²) in [6.07, 6.45) is 5.94. The van der Waals surface area contributed by atoms with Crippen LogP contribution in [0.3, 0.4) is 0 Å². The summed E-state index contributed by atoms with van der Waals surface area (Å²) < 4.78 is 1.97. The van der Waals surface area contributed by atoms with Crippen LogP contribution >= 0.6 is 0 Å². The number of aliphatic hydroxyl groups excluding tert-OH is 2. The molecule has 4 heterocycles. The number of nitrogens with one attached hydrogen (secondary N) is 1. The molecule has 4 atom stereocenters. The Kier molecular flexibility index (Phi) is 4.38. The fraction of sp³-hybridized carbons (Fsp3) is 0.348. The topological polar surface area (TPSA) is 105 Å². The molecule has 0 amide bonds. The fourth-order valence-electron chi connectivity index (χ4n) is 4.97. The van der Waals surface area contributed by atoms with Crippen molar-refractivity contribution in [2.45, 2.75) is 44.1 Å². The van der Waals surface area contributed by atoms with Gasteiger partial charge >= 0.3 is 0 Å². The molecule has 0 bridgehead atoms. The Bertz CT molecular complexity index is 1270. The van der Waals surface area contributed by atoms with Crippen molar-refractivity contribution in [3.63, 3.8) is 0 Å². The maximum atomic E-state index is 10.7. The first-order valence-electron chi connectivity index (χ1n) is 10.6. The SMILES string of the molecule is O[C@@H]1[C@@H](CCc2ccc3cc4c(nc3c2)NOC4)C[C@@H](n2ccc3cncnc32)[C@@H]1O. The summed E-state index contributed by atoms with van der Waals surface area (Å²) in [4.78, 5) is 18.3. The van der Waals surface area contributed by atoms with E-state index in [2.05, 4.69) is 44.7 Å². The van der Waals surface area contributed by atoms with Crippen LogP contribution in [0.5, 0.6) is 0 Å². The highest BCUT2D eigenvalue weighted by molar-refractivity contribution is 5.82. The summed E-state index contributed by atoms with van der Waals surface area (Å²) in [7, 11) is 0. The first kappa shape index (κ1) is 18.7. The zero-order chi connectivity index (χ0) is 20.9. The van der Waals surface area contributed by atoms with Gasteiger partial charge in [-0.25, -0.2) is 20.4 Å². The highest BCUT2D eigenvalue weighted by Crippen LogP contribution is 2.39. The second-order valence-corrected chi connectivity index (χ2v) is 8.52. The highest BCUT2D eigenvalue weighted by atomic mass is 16.7. The molecule has 1 aliphatic heterocycles. The minimum Gasteiger partial charge on any atom is -0.390 e. The number of rotatable bonds is 4. The van der Waals surface area contributed by atoms with E-state index in [1.165, 1.54) is 11.9 Å². The highest BCUT2D eigenvalue weighted by Gasteiger charge is 2.42. The molecule has 1 saturated carbocycles. The lowest BCUT2D eigenvalue weighted by Crippen LogP contribution is -2.29. The molecule has 31 heavy (non-hydrogen) atoms. The van der Waals surface area contributed by atoms with Crippen molar-refractivity contribution in [1.29, 1.82) is 0 Å². The molecule has 8 nitrogen and oxygen atoms in total. The Labute approximate surface area is 178 Å². The number of fused-ring (bicyclic) bond motifs is 3. The second-order valence-electron chi connectivity index (χ2n) is 8.52. The largest absolute Gasteiger partial charge is 0.390 e. The molecule has 0 unspecified atom stereocenters. The van der Waals surface area contributed by atoms with Crippen molar-refractivity contribution in [2.75, 3.05) is 5.48 Å². The first-order chi connectivity index (χ1) is 15.2. The van der Waals surface area contributed by atoms with Gasteiger partial charge in [-0.2, -0.15) is 0 Å². The van der Waals surface area contributed by atoms with Crippen molar-refractivity contribution in [1.82, 2.24) is 19.5 Å². The third-order valence-electron chi connectivity index (χ3n) is 6.67. The van der Waals surface area contributed by atoms with Gasteiger partial charge in [0.1, 0.15) is 24.7 Å². The van der Waals surface area contributed by atoms with Crippen LogP contribution in [0.4, 0.5) is 5.82 Å². The Morgan fingerprint density at radius 3 is 3.00 bits per heavy atom. The maximum Gasteiger partial charge on any atom is 0.156 e. The zero-order valence-corrected chi connectivity index (χ0v) is 16.8. The maximum absolute atomic E-state index is 10.7. The number of anilines is 1. The third kappa shape index (κ3) is 3.15. The Hall–Kier alpha value is -3.07. The number of hydrogen-bond donors (Lipinski definition) is 3. The minimum atomic E-state index is -0.817. The number of aryl methyl sites for hydroxylation is 1. The molecule has 3 aromatic heterocycles. The van der Waals surface area contributed by atoms with Crippen LogP contribution in [-0.2, 0) is 17.9 Å². The minimum absolute atomic E-state index is 0.0121. The van der Waals surface area contributed by atoms with Gasteiger partial charge in [-0.3, -0.25) is 4.84 Å². The second kappa shape index (κ2) is 7.26. The van der Waals surface area contributed by atoms with E-state index >= 15 is 0 Å². The lowest BCUT2D eigenvalue weighted by atomic mass is 9.95. The van der Waals surface area contributed by atoms with Gasteiger partial charge in [0.2, 0.25) is 0 Å². The van der Waals surface area contributed by atoms with E-state index < -0.39 is 12.2 Å². The lowest BCUT2D eigenvalue weighted by molar-refractivity contribution is 0.00545. The number of nitrogens with zero attached hydrogens (tertiary/aromatic N) is 4. The Morgan fingerprint density at radius 2 is 2.06 bits per heavy atom. The molecular weight excluding hydrogens is 394 g/mol. The van der Waals surface area contributed by atoms with Crippen molar-refractivity contribution < 1.29 is 15.1 Å². The average Bonchev–Trinajstić information content (AvgIpc) is 3.49. The predicted octanol–water partition coefficient (Wildman–Crippen LogP) is 2.75. The van der Waals surface area contributed by atoms with Gasteiger partial charge in [0.25, 0.3) is 0 Å². The molecule has 2 aliphatic rings. The van der Waals surface area contributed by atoms with Gasteiger partial charge in [-0.15, -0.1) is 0 Å². The van der Waals surface area contributed by atoms with Gasteiger partial charge in [-0.1, -0.05) is 12.1 Å². The Morgan fingerprint density at radius 1 is 1.13 bits per heavy atom. The molecule has 1 aromatic carbocycles. The Balaban J connectivity index is 1.20. The van der Waals surface area contributed by atoms with Crippen LogP contribution in [0.1, 0.15) is 30.0 Å². The molecule has 3 N–H and O–H groups in total. The van der Waals surface area contributed by atoms with Crippen LogP contribution in [0, 0.1) is 5.92 Å². The van der Waals surface area contributed by atoms with Crippen LogP contribution in [0.2, 0.25) is 0 Å². The van der Waals surface area contributed by atoms with E-state index in [1.54, 1.807) is 6.20 Å². The van der Waals surface area contributed by atoms with Crippen molar-refractivity contribution in [3.8, 4) is 0 Å². The van der Waals surface area contributed by atoms with Gasteiger partial charge in [0.05, 0.1) is 17.7 Å². The van der Waals surface area contributed by atoms with Crippen LogP contribution in [-0.4, -0.2) is 41.9 Å². The molecule has 4 aromatic rings. The lowest BCUT2D eigenvalue weighted by Gasteiger charge is -2.18. The normalized spacial score (nSPS) is 25.2. The molecular formula is C23H23N5O3. The van der Waals surface area contributed by atoms with Crippen LogP contribution < -0.4 is 5.48 Å². The van der Waals surface area contributed by atoms with Crippen molar-refractivity contribution in [2.24, 2.45) is 5.92 Å². The quantitative estimate of drug-likeness (QED) is 0.469. The van der Waals surface area contributed by atoms with E-state index in [-0.39, 0.29) is 12.0 Å². The van der Waals surface area contributed by atoms with E-state index in [4.69, 9.17) is 4.84 Å². The molecule has 1 aliphatic carbocycles. The first-order valence-corrected chi connectivity index (χ1v) is 10.6. The zero-order valence-electron chi connectivity index (χ0n) is 16.8. The molecule has 0 radical (unpaired) electrons. The number of hydrogen-bond acceptors (Lipinski definition) is 7. The number of aromatic nitrogens is 4. The predicted molar refractivity (Wildman–Crippen MR) is 115 cm³/mol. The van der Waals surface area contributed by atoms with Crippen molar-refractivity contribution >= 4 is 27.8 Å². The number of aliphatic hydroxyl groups is 2. The number of pyridine rings is 1. The van der Waals surface area contributed by atoms with Crippen molar-refractivity contribution in [3.05, 3.63) is 60.2 Å². The third-order valence-corrected chi connectivity index (χ3v) is 6.67. The summed E-state index contributed by atoms with van der Waals surface area (Å²) >= 11 is 0. The molecule has 8 heteroatoms. The molecule has 158 valence electrons. The average molecular weight is 417 g/mol. The molecule has 0 spiro atoms. The summed E-state index contributed by atoms with van der Waals surface area (Å²) in [6.45, 7) is 0.534. The standard InChI is InChI=1S/C23H23N5O3/c29-20-15(9-19(21(20)30)28-6-5-16-10-24-12-25-23(16)28)4-2-13-1-3-14-8-17-11-31-27-22(17)26-18(14)7-13/h1,3,5-8,10,12,15,19-21,29-30H,2,4,9,11H2,(H,26,27)/t15-,19+,20+,21-/m0/s1. The fourth-order valence-corrected chi connectivity index (χ4v) is 4.97. The van der Waals surface area contributed by atoms with Crippen LogP contribution in [0.15, 0.2) is 49.1 Å². The van der Waals surface area contributed by atoms with E-state index in [9.17, 15) is 10.2 Å². The number of benzene rings is 1. The molecule has 6 rings (SSSR count). The smallest absolute Gasteiger partial charge is 0.156 e. The van der Waals surface area contributed by atoms with E-state index in [0.29, 0.717) is 13.0 Å². The summed E-state index contributed by atoms with van der Waals surface area (Å²) in [5.41, 5.74) is 6.80. The molecule has 1 fully saturated rings. The monoisotopic (exact) mass is 417 g/mol. The van der Waals surface area contributed by atoms with E-state index in [0.717, 1.165) is 46.2 Å². The van der Waals surface area contributed by atoms with Gasteiger partial charge in [0, 0.05) is 28.7 Å². The van der Waals surface area contributed by atoms with Gasteiger partial charge in [0.15, 0.2) is 5.82 Å².